The van der Waals surface area contributed by atoms with Crippen molar-refractivity contribution in [3.05, 3.63) is 0 Å². The van der Waals surface area contributed by atoms with Gasteiger partial charge in [-0.2, -0.15) is 5.48 Å². The van der Waals surface area contributed by atoms with Gasteiger partial charge < -0.3 is 9.94 Å². The first-order chi connectivity index (χ1) is 5.22. The molecule has 0 aromatic rings. The molecule has 0 aromatic carbocycles. The van der Waals surface area contributed by atoms with Crippen LogP contribution >= 0.6 is 0 Å². The number of hydrogen-bond donors (Lipinski definition) is 2. The quantitative estimate of drug-likeness (QED) is 0.565. The second-order valence-corrected chi connectivity index (χ2v) is 2.23. The van der Waals surface area contributed by atoms with E-state index in [-0.39, 0.29) is 0 Å². The Morgan fingerprint density at radius 3 is 2.64 bits per heavy atom. The smallest absolute Gasteiger partial charge is 0.323 e. The summed E-state index contributed by atoms with van der Waals surface area (Å²) in [6.45, 7) is 4.22. The molecule has 0 spiro atoms. The minimum atomic E-state index is -0.861. The Bertz CT molecular complexity index is 116. The Balaban J connectivity index is 3.60. The van der Waals surface area contributed by atoms with Gasteiger partial charge in [0.25, 0.3) is 0 Å². The number of aliphatic carboxylic acids is 1. The van der Waals surface area contributed by atoms with Gasteiger partial charge in [0.15, 0.2) is 0 Å². The van der Waals surface area contributed by atoms with Crippen LogP contribution in [0.3, 0.4) is 0 Å². The molecule has 0 rings (SSSR count). The van der Waals surface area contributed by atoms with Crippen molar-refractivity contribution >= 4 is 5.97 Å². The van der Waals surface area contributed by atoms with E-state index >= 15 is 0 Å². The third kappa shape index (κ3) is 4.75. The molecule has 0 saturated carbocycles. The van der Waals surface area contributed by atoms with Crippen LogP contribution in [0.4, 0.5) is 0 Å². The number of carboxylic acid groups (broad SMARTS) is 1. The van der Waals surface area contributed by atoms with Crippen LogP contribution in [-0.2, 0) is 9.63 Å². The SMILES string of the molecule is CCCC(NOCC)C(=O)O. The lowest BCUT2D eigenvalue weighted by Gasteiger charge is -2.11. The van der Waals surface area contributed by atoms with Gasteiger partial charge in [0.05, 0.1) is 6.61 Å². The normalized spacial score (nSPS) is 12.9. The van der Waals surface area contributed by atoms with E-state index in [2.05, 4.69) is 5.48 Å². The number of nitrogens with one attached hydrogen (secondary N) is 1. The van der Waals surface area contributed by atoms with Crippen molar-refractivity contribution in [3.8, 4) is 0 Å². The molecule has 2 N–H and O–H groups in total. The Morgan fingerprint density at radius 2 is 2.27 bits per heavy atom. The van der Waals surface area contributed by atoms with E-state index in [1.54, 1.807) is 6.92 Å². The summed E-state index contributed by atoms with van der Waals surface area (Å²) in [5, 5.41) is 8.59. The highest BCUT2D eigenvalue weighted by atomic mass is 16.6. The number of carbonyl (C=O) groups is 1. The van der Waals surface area contributed by atoms with Crippen LogP contribution in [0.25, 0.3) is 0 Å². The predicted octanol–water partition coefficient (Wildman–Crippen LogP) is 0.781. The molecule has 0 heterocycles. The maximum Gasteiger partial charge on any atom is 0.323 e. The monoisotopic (exact) mass is 161 g/mol. The molecule has 11 heavy (non-hydrogen) atoms. The van der Waals surface area contributed by atoms with E-state index in [1.807, 2.05) is 6.92 Å². The summed E-state index contributed by atoms with van der Waals surface area (Å²) in [6.07, 6.45) is 1.42. The summed E-state index contributed by atoms with van der Waals surface area (Å²) in [6, 6.07) is -0.569. The molecule has 0 aromatic heterocycles. The minimum absolute atomic E-state index is 0.480. The molecule has 0 radical (unpaired) electrons. The molecule has 0 aliphatic rings. The summed E-state index contributed by atoms with van der Waals surface area (Å²) < 4.78 is 0. The fraction of sp³-hybridized carbons (Fsp3) is 0.857. The van der Waals surface area contributed by atoms with Crippen LogP contribution < -0.4 is 5.48 Å². The van der Waals surface area contributed by atoms with Gasteiger partial charge in [0.2, 0.25) is 0 Å². The van der Waals surface area contributed by atoms with E-state index in [9.17, 15) is 4.79 Å². The van der Waals surface area contributed by atoms with Crippen LogP contribution in [0.5, 0.6) is 0 Å². The van der Waals surface area contributed by atoms with Gasteiger partial charge in [-0.1, -0.05) is 13.3 Å². The van der Waals surface area contributed by atoms with E-state index in [1.165, 1.54) is 0 Å². The van der Waals surface area contributed by atoms with Gasteiger partial charge in [0, 0.05) is 0 Å². The molecule has 0 amide bonds. The van der Waals surface area contributed by atoms with Gasteiger partial charge in [-0.15, -0.1) is 0 Å². The Labute approximate surface area is 66.5 Å². The van der Waals surface area contributed by atoms with Crippen LogP contribution in [0.2, 0.25) is 0 Å². The Morgan fingerprint density at radius 1 is 1.64 bits per heavy atom. The highest BCUT2D eigenvalue weighted by Crippen LogP contribution is 1.96. The van der Waals surface area contributed by atoms with E-state index < -0.39 is 12.0 Å². The lowest BCUT2D eigenvalue weighted by molar-refractivity contribution is -0.144. The van der Waals surface area contributed by atoms with Gasteiger partial charge in [-0.05, 0) is 13.3 Å². The molecular formula is C7H15NO3. The van der Waals surface area contributed by atoms with E-state index in [0.717, 1.165) is 6.42 Å². The molecule has 0 bridgehead atoms. The van der Waals surface area contributed by atoms with Gasteiger partial charge in [-0.3, -0.25) is 4.79 Å². The maximum absolute atomic E-state index is 10.5. The van der Waals surface area contributed by atoms with Crippen molar-refractivity contribution in [3.63, 3.8) is 0 Å². The topological polar surface area (TPSA) is 58.6 Å². The highest BCUT2D eigenvalue weighted by Gasteiger charge is 2.14. The molecule has 66 valence electrons. The van der Waals surface area contributed by atoms with E-state index in [0.29, 0.717) is 13.0 Å². The third-order valence-corrected chi connectivity index (χ3v) is 1.25. The molecule has 1 unspecified atom stereocenters. The fourth-order valence-corrected chi connectivity index (χ4v) is 0.705. The van der Waals surface area contributed by atoms with E-state index in [4.69, 9.17) is 9.94 Å². The number of hydroxylamine groups is 1. The Kier molecular flexibility index (Phi) is 5.78. The van der Waals surface area contributed by atoms with Crippen LogP contribution in [-0.4, -0.2) is 23.7 Å². The van der Waals surface area contributed by atoms with Crippen LogP contribution in [0.1, 0.15) is 26.7 Å². The average molecular weight is 161 g/mol. The zero-order valence-electron chi connectivity index (χ0n) is 6.96. The second-order valence-electron chi connectivity index (χ2n) is 2.23. The molecule has 4 heteroatoms. The maximum atomic E-state index is 10.5. The lowest BCUT2D eigenvalue weighted by Crippen LogP contribution is -2.36. The summed E-state index contributed by atoms with van der Waals surface area (Å²) in [5.41, 5.74) is 2.47. The number of hydrogen-bond acceptors (Lipinski definition) is 3. The molecular weight excluding hydrogens is 146 g/mol. The molecule has 1 atom stereocenters. The number of rotatable bonds is 6. The van der Waals surface area contributed by atoms with Crippen molar-refractivity contribution < 1.29 is 14.7 Å². The molecule has 0 saturated heterocycles. The molecule has 0 aliphatic heterocycles. The van der Waals surface area contributed by atoms with Crippen molar-refractivity contribution in [2.75, 3.05) is 6.61 Å². The van der Waals surface area contributed by atoms with Gasteiger partial charge in [0.1, 0.15) is 6.04 Å². The van der Waals surface area contributed by atoms with Crippen LogP contribution in [0, 0.1) is 0 Å². The first-order valence-corrected chi connectivity index (χ1v) is 3.82. The zero-order chi connectivity index (χ0) is 8.69. The molecule has 0 fully saturated rings. The zero-order valence-corrected chi connectivity index (χ0v) is 6.96. The van der Waals surface area contributed by atoms with Crippen molar-refractivity contribution in [1.29, 1.82) is 0 Å². The number of carboxylic acids is 1. The highest BCUT2D eigenvalue weighted by molar-refractivity contribution is 5.73. The van der Waals surface area contributed by atoms with Crippen LogP contribution in [0.15, 0.2) is 0 Å². The summed E-state index contributed by atoms with van der Waals surface area (Å²) in [4.78, 5) is 15.2. The predicted molar refractivity (Wildman–Crippen MR) is 41.1 cm³/mol. The first kappa shape index (κ1) is 10.4. The summed E-state index contributed by atoms with van der Waals surface area (Å²) >= 11 is 0. The Hall–Kier alpha value is -0.610. The average Bonchev–Trinajstić information content (AvgIpc) is 1.97. The molecule has 0 aliphatic carbocycles. The third-order valence-electron chi connectivity index (χ3n) is 1.25. The first-order valence-electron chi connectivity index (χ1n) is 3.82. The summed E-state index contributed by atoms with van der Waals surface area (Å²) in [7, 11) is 0. The fourth-order valence-electron chi connectivity index (χ4n) is 0.705. The van der Waals surface area contributed by atoms with Crippen molar-refractivity contribution in [1.82, 2.24) is 5.48 Å². The van der Waals surface area contributed by atoms with Gasteiger partial charge >= 0.3 is 5.97 Å². The minimum Gasteiger partial charge on any atom is -0.480 e. The largest absolute Gasteiger partial charge is 0.480 e. The van der Waals surface area contributed by atoms with Crippen molar-refractivity contribution in [2.45, 2.75) is 32.7 Å². The standard InChI is InChI=1S/C7H15NO3/c1-3-5-6(7(9)10)8-11-4-2/h6,8H,3-5H2,1-2H3,(H,9,10). The summed E-state index contributed by atoms with van der Waals surface area (Å²) in [5.74, 6) is -0.861. The van der Waals surface area contributed by atoms with Crippen molar-refractivity contribution in [2.24, 2.45) is 0 Å². The second kappa shape index (κ2) is 6.12. The van der Waals surface area contributed by atoms with Gasteiger partial charge in [-0.25, -0.2) is 0 Å². The molecule has 4 nitrogen and oxygen atoms in total. The lowest BCUT2D eigenvalue weighted by atomic mass is 10.2.